The van der Waals surface area contributed by atoms with Crippen molar-refractivity contribution in [3.8, 4) is 0 Å². The number of carbonyl (C=O) groups excluding carboxylic acids is 2. The second kappa shape index (κ2) is 7.97. The van der Waals surface area contributed by atoms with Gasteiger partial charge in [0.25, 0.3) is 0 Å². The summed E-state index contributed by atoms with van der Waals surface area (Å²) in [4.78, 5) is 26.2. The van der Waals surface area contributed by atoms with Crippen LogP contribution in [0.15, 0.2) is 54.6 Å². The first-order valence-corrected chi connectivity index (χ1v) is 8.77. The van der Waals surface area contributed by atoms with Crippen LogP contribution in [-0.4, -0.2) is 35.8 Å². The SMILES string of the molecule is Cc1cccc(CC(=O)NC2CC(=O)N(CCc3ccccc3)C2)c1. The van der Waals surface area contributed by atoms with Crippen LogP contribution in [0.25, 0.3) is 0 Å². The van der Waals surface area contributed by atoms with Gasteiger partial charge in [0.05, 0.1) is 12.5 Å². The summed E-state index contributed by atoms with van der Waals surface area (Å²) >= 11 is 0. The highest BCUT2D eigenvalue weighted by Gasteiger charge is 2.30. The van der Waals surface area contributed by atoms with Gasteiger partial charge >= 0.3 is 0 Å². The lowest BCUT2D eigenvalue weighted by Gasteiger charge is -2.17. The van der Waals surface area contributed by atoms with E-state index in [-0.39, 0.29) is 17.9 Å². The van der Waals surface area contributed by atoms with Gasteiger partial charge in [-0.25, -0.2) is 0 Å². The molecule has 1 unspecified atom stereocenters. The van der Waals surface area contributed by atoms with Crippen molar-refractivity contribution >= 4 is 11.8 Å². The van der Waals surface area contributed by atoms with E-state index in [9.17, 15) is 9.59 Å². The van der Waals surface area contributed by atoms with Gasteiger partial charge in [-0.15, -0.1) is 0 Å². The maximum absolute atomic E-state index is 12.2. The molecule has 2 aromatic rings. The summed E-state index contributed by atoms with van der Waals surface area (Å²) in [5.41, 5.74) is 3.37. The Morgan fingerprint density at radius 3 is 2.64 bits per heavy atom. The predicted octanol–water partition coefficient (Wildman–Crippen LogP) is 2.50. The van der Waals surface area contributed by atoms with E-state index in [1.54, 1.807) is 0 Å². The summed E-state index contributed by atoms with van der Waals surface area (Å²) in [6, 6.07) is 18.0. The van der Waals surface area contributed by atoms with Crippen molar-refractivity contribution < 1.29 is 9.59 Å². The number of nitrogens with zero attached hydrogens (tertiary/aromatic N) is 1. The lowest BCUT2D eigenvalue weighted by Crippen LogP contribution is -2.38. The number of aryl methyl sites for hydroxylation is 1. The Hall–Kier alpha value is -2.62. The minimum Gasteiger partial charge on any atom is -0.351 e. The van der Waals surface area contributed by atoms with E-state index < -0.39 is 0 Å². The molecule has 0 spiro atoms. The van der Waals surface area contributed by atoms with Crippen molar-refractivity contribution in [2.45, 2.75) is 32.2 Å². The molecule has 1 fully saturated rings. The first-order valence-electron chi connectivity index (χ1n) is 8.77. The predicted molar refractivity (Wildman–Crippen MR) is 98.2 cm³/mol. The molecule has 4 nitrogen and oxygen atoms in total. The molecule has 2 amide bonds. The van der Waals surface area contributed by atoms with Crippen LogP contribution in [0, 0.1) is 6.92 Å². The fraction of sp³-hybridized carbons (Fsp3) is 0.333. The molecule has 0 bridgehead atoms. The van der Waals surface area contributed by atoms with Gasteiger partial charge < -0.3 is 10.2 Å². The third-order valence-corrected chi connectivity index (χ3v) is 4.54. The van der Waals surface area contributed by atoms with Gasteiger partial charge in [-0.1, -0.05) is 60.2 Å². The van der Waals surface area contributed by atoms with Gasteiger partial charge in [0.1, 0.15) is 0 Å². The maximum Gasteiger partial charge on any atom is 0.224 e. The molecule has 0 radical (unpaired) electrons. The second-order valence-corrected chi connectivity index (χ2v) is 6.71. The van der Waals surface area contributed by atoms with Gasteiger partial charge in [0.15, 0.2) is 0 Å². The first kappa shape index (κ1) is 17.2. The summed E-state index contributed by atoms with van der Waals surface area (Å²) in [6.45, 7) is 3.32. The quantitative estimate of drug-likeness (QED) is 0.881. The molecule has 1 N–H and O–H groups in total. The molecular formula is C21H24N2O2. The van der Waals surface area contributed by atoms with Crippen LogP contribution in [-0.2, 0) is 22.4 Å². The summed E-state index contributed by atoms with van der Waals surface area (Å²) in [7, 11) is 0. The number of hydrogen-bond donors (Lipinski definition) is 1. The number of benzene rings is 2. The smallest absolute Gasteiger partial charge is 0.224 e. The molecule has 4 heteroatoms. The highest BCUT2D eigenvalue weighted by Crippen LogP contribution is 2.13. The lowest BCUT2D eigenvalue weighted by molar-refractivity contribution is -0.127. The van der Waals surface area contributed by atoms with Crippen molar-refractivity contribution in [1.82, 2.24) is 10.2 Å². The van der Waals surface area contributed by atoms with Gasteiger partial charge in [0.2, 0.25) is 11.8 Å². The van der Waals surface area contributed by atoms with Crippen LogP contribution in [0.3, 0.4) is 0 Å². The Morgan fingerprint density at radius 2 is 1.88 bits per heavy atom. The third kappa shape index (κ3) is 4.92. The van der Waals surface area contributed by atoms with Crippen molar-refractivity contribution in [2.75, 3.05) is 13.1 Å². The number of rotatable bonds is 6. The van der Waals surface area contributed by atoms with Crippen LogP contribution >= 0.6 is 0 Å². The van der Waals surface area contributed by atoms with Crippen LogP contribution in [0.4, 0.5) is 0 Å². The maximum atomic E-state index is 12.2. The summed E-state index contributed by atoms with van der Waals surface area (Å²) in [6.07, 6.45) is 1.60. The van der Waals surface area contributed by atoms with Gasteiger partial charge in [0, 0.05) is 19.5 Å². The Balaban J connectivity index is 1.48. The van der Waals surface area contributed by atoms with Crippen LogP contribution in [0.2, 0.25) is 0 Å². The molecule has 1 aliphatic rings. The summed E-state index contributed by atoms with van der Waals surface area (Å²) in [5, 5.41) is 3.00. The molecule has 25 heavy (non-hydrogen) atoms. The topological polar surface area (TPSA) is 49.4 Å². The number of likely N-dealkylation sites (tertiary alicyclic amines) is 1. The minimum absolute atomic E-state index is 0.0201. The van der Waals surface area contributed by atoms with E-state index >= 15 is 0 Å². The van der Waals surface area contributed by atoms with Crippen LogP contribution < -0.4 is 5.32 Å². The van der Waals surface area contributed by atoms with Crippen molar-refractivity contribution in [1.29, 1.82) is 0 Å². The molecule has 0 saturated carbocycles. The van der Waals surface area contributed by atoms with Crippen molar-refractivity contribution in [3.05, 3.63) is 71.3 Å². The van der Waals surface area contributed by atoms with E-state index in [0.29, 0.717) is 25.9 Å². The van der Waals surface area contributed by atoms with E-state index in [1.807, 2.05) is 54.3 Å². The third-order valence-electron chi connectivity index (χ3n) is 4.54. The van der Waals surface area contributed by atoms with E-state index in [2.05, 4.69) is 17.4 Å². The molecule has 1 saturated heterocycles. The number of nitrogens with one attached hydrogen (secondary N) is 1. The molecule has 1 heterocycles. The molecule has 1 atom stereocenters. The average molecular weight is 336 g/mol. The Bertz CT molecular complexity index is 743. The zero-order valence-electron chi connectivity index (χ0n) is 14.6. The van der Waals surface area contributed by atoms with Gasteiger partial charge in [-0.3, -0.25) is 9.59 Å². The first-order chi connectivity index (χ1) is 12.1. The Morgan fingerprint density at radius 1 is 1.12 bits per heavy atom. The van der Waals surface area contributed by atoms with E-state index in [4.69, 9.17) is 0 Å². The summed E-state index contributed by atoms with van der Waals surface area (Å²) < 4.78 is 0. The molecule has 0 aromatic heterocycles. The van der Waals surface area contributed by atoms with Gasteiger partial charge in [-0.05, 0) is 24.5 Å². The highest BCUT2D eigenvalue weighted by atomic mass is 16.2. The highest BCUT2D eigenvalue weighted by molar-refractivity contribution is 5.83. The van der Waals surface area contributed by atoms with Gasteiger partial charge in [-0.2, -0.15) is 0 Å². The second-order valence-electron chi connectivity index (χ2n) is 6.71. The van der Waals surface area contributed by atoms with E-state index in [1.165, 1.54) is 5.56 Å². The largest absolute Gasteiger partial charge is 0.351 e. The summed E-state index contributed by atoms with van der Waals surface area (Å²) in [5.74, 6) is 0.102. The fourth-order valence-electron chi connectivity index (χ4n) is 3.28. The van der Waals surface area contributed by atoms with Crippen LogP contribution in [0.1, 0.15) is 23.1 Å². The molecule has 2 aromatic carbocycles. The zero-order chi connectivity index (χ0) is 17.6. The molecule has 1 aliphatic heterocycles. The average Bonchev–Trinajstić information content (AvgIpc) is 2.93. The normalized spacial score (nSPS) is 16.9. The van der Waals surface area contributed by atoms with E-state index in [0.717, 1.165) is 17.5 Å². The minimum atomic E-state index is -0.0828. The Labute approximate surface area is 148 Å². The molecule has 0 aliphatic carbocycles. The van der Waals surface area contributed by atoms with Crippen molar-refractivity contribution in [2.24, 2.45) is 0 Å². The molecule has 130 valence electrons. The van der Waals surface area contributed by atoms with Crippen LogP contribution in [0.5, 0.6) is 0 Å². The van der Waals surface area contributed by atoms with Crippen molar-refractivity contribution in [3.63, 3.8) is 0 Å². The fourth-order valence-corrected chi connectivity index (χ4v) is 3.28. The molecule has 3 rings (SSSR count). The molecular weight excluding hydrogens is 312 g/mol. The number of hydrogen-bond acceptors (Lipinski definition) is 2. The number of carbonyl (C=O) groups is 2. The monoisotopic (exact) mass is 336 g/mol. The number of amides is 2. The standard InChI is InChI=1S/C21H24N2O2/c1-16-6-5-9-18(12-16)13-20(24)22-19-14-21(25)23(15-19)11-10-17-7-3-2-4-8-17/h2-9,12,19H,10-11,13-15H2,1H3,(H,22,24). The Kier molecular flexibility index (Phi) is 5.49. The zero-order valence-corrected chi connectivity index (χ0v) is 14.6. The lowest BCUT2D eigenvalue weighted by atomic mass is 10.1.